The molecule has 2 N–H and O–H groups in total. The summed E-state index contributed by atoms with van der Waals surface area (Å²) in [6.45, 7) is 0. The van der Waals surface area contributed by atoms with E-state index in [1.807, 2.05) is 18.2 Å². The molecular formula is C13H11ClFNOS. The Labute approximate surface area is 114 Å². The van der Waals surface area contributed by atoms with Gasteiger partial charge in [0.15, 0.2) is 0 Å². The van der Waals surface area contributed by atoms with Crippen LogP contribution in [0.25, 0.3) is 0 Å². The summed E-state index contributed by atoms with van der Waals surface area (Å²) in [6.07, 6.45) is 0. The first-order valence-corrected chi connectivity index (χ1v) is 6.36. The molecule has 2 nitrogen and oxygen atoms in total. The van der Waals surface area contributed by atoms with Crippen LogP contribution in [0.3, 0.4) is 0 Å². The van der Waals surface area contributed by atoms with Crippen LogP contribution < -0.4 is 10.5 Å². The Morgan fingerprint density at radius 3 is 2.61 bits per heavy atom. The van der Waals surface area contributed by atoms with Crippen molar-refractivity contribution in [2.75, 3.05) is 12.8 Å². The van der Waals surface area contributed by atoms with E-state index in [-0.39, 0.29) is 5.69 Å². The van der Waals surface area contributed by atoms with E-state index in [9.17, 15) is 4.39 Å². The largest absolute Gasteiger partial charge is 0.495 e. The maximum Gasteiger partial charge on any atom is 0.143 e. The monoisotopic (exact) mass is 283 g/mol. The normalized spacial score (nSPS) is 10.4. The fourth-order valence-electron chi connectivity index (χ4n) is 1.45. The molecule has 0 aliphatic heterocycles. The number of nitrogens with two attached hydrogens (primary N) is 1. The summed E-state index contributed by atoms with van der Waals surface area (Å²) >= 11 is 7.27. The van der Waals surface area contributed by atoms with E-state index >= 15 is 0 Å². The van der Waals surface area contributed by atoms with Gasteiger partial charge in [-0.15, -0.1) is 0 Å². The Hall–Kier alpha value is -1.39. The number of halogens is 2. The first kappa shape index (κ1) is 13.1. The van der Waals surface area contributed by atoms with Crippen molar-refractivity contribution in [1.82, 2.24) is 0 Å². The van der Waals surface area contributed by atoms with Gasteiger partial charge < -0.3 is 10.5 Å². The van der Waals surface area contributed by atoms with Crippen LogP contribution in [-0.4, -0.2) is 7.11 Å². The number of nitrogen functional groups attached to an aromatic ring is 1. The Kier molecular flexibility index (Phi) is 3.99. The number of rotatable bonds is 3. The minimum absolute atomic E-state index is 0.276. The molecule has 0 saturated heterocycles. The SMILES string of the molecule is COc1cc(Sc2ccccc2Cl)c(F)cc1N. The highest BCUT2D eigenvalue weighted by Gasteiger charge is 2.11. The van der Waals surface area contributed by atoms with Crippen LogP contribution in [0.4, 0.5) is 10.1 Å². The standard InChI is InChI=1S/C13H11ClFNOS/c1-17-11-7-13(9(15)6-10(11)16)18-12-5-3-2-4-8(12)14/h2-7H,16H2,1H3. The number of ether oxygens (including phenoxy) is 1. The van der Waals surface area contributed by atoms with E-state index in [1.54, 1.807) is 12.1 Å². The maximum atomic E-state index is 13.8. The molecule has 0 spiro atoms. The van der Waals surface area contributed by atoms with E-state index in [1.165, 1.54) is 24.9 Å². The number of benzene rings is 2. The van der Waals surface area contributed by atoms with Crippen LogP contribution in [0.1, 0.15) is 0 Å². The molecule has 0 saturated carbocycles. The first-order chi connectivity index (χ1) is 8.61. The lowest BCUT2D eigenvalue weighted by Crippen LogP contribution is -1.94. The van der Waals surface area contributed by atoms with Gasteiger partial charge in [-0.25, -0.2) is 4.39 Å². The molecule has 0 heterocycles. The van der Waals surface area contributed by atoms with E-state index < -0.39 is 5.82 Å². The highest BCUT2D eigenvalue weighted by atomic mass is 35.5. The van der Waals surface area contributed by atoms with Crippen LogP contribution in [0.2, 0.25) is 5.02 Å². The van der Waals surface area contributed by atoms with Gasteiger partial charge in [0.05, 0.1) is 22.7 Å². The summed E-state index contributed by atoms with van der Waals surface area (Å²) in [7, 11) is 1.49. The highest BCUT2D eigenvalue weighted by molar-refractivity contribution is 7.99. The molecule has 0 bridgehead atoms. The molecule has 18 heavy (non-hydrogen) atoms. The summed E-state index contributed by atoms with van der Waals surface area (Å²) in [6, 6.07) is 10.1. The van der Waals surface area contributed by atoms with Crippen LogP contribution in [0.15, 0.2) is 46.2 Å². The molecule has 5 heteroatoms. The Balaban J connectivity index is 2.38. The van der Waals surface area contributed by atoms with Crippen molar-refractivity contribution >= 4 is 29.1 Å². The zero-order chi connectivity index (χ0) is 13.1. The zero-order valence-electron chi connectivity index (χ0n) is 9.61. The van der Waals surface area contributed by atoms with Crippen molar-refractivity contribution < 1.29 is 9.13 Å². The number of anilines is 1. The van der Waals surface area contributed by atoms with E-state index in [0.29, 0.717) is 15.7 Å². The molecule has 0 unspecified atom stereocenters. The predicted octanol–water partition coefficient (Wildman–Crippen LogP) is 4.22. The lowest BCUT2D eigenvalue weighted by atomic mass is 10.3. The topological polar surface area (TPSA) is 35.2 Å². The number of hydrogen-bond donors (Lipinski definition) is 1. The molecule has 0 fully saturated rings. The van der Waals surface area contributed by atoms with Gasteiger partial charge in [-0.1, -0.05) is 35.5 Å². The van der Waals surface area contributed by atoms with Gasteiger partial charge in [-0.3, -0.25) is 0 Å². The fraction of sp³-hybridized carbons (Fsp3) is 0.0769. The molecule has 0 aliphatic carbocycles. The maximum absolute atomic E-state index is 13.8. The summed E-state index contributed by atoms with van der Waals surface area (Å²) in [5.41, 5.74) is 5.90. The second-order valence-corrected chi connectivity index (χ2v) is 5.05. The van der Waals surface area contributed by atoms with Crippen molar-refractivity contribution in [3.8, 4) is 5.75 Å². The third-order valence-corrected chi connectivity index (χ3v) is 3.89. The fourth-order valence-corrected chi connectivity index (χ4v) is 2.57. The summed E-state index contributed by atoms with van der Waals surface area (Å²) in [4.78, 5) is 1.21. The average molecular weight is 284 g/mol. The molecule has 0 radical (unpaired) electrons. The van der Waals surface area contributed by atoms with Crippen molar-refractivity contribution in [3.05, 3.63) is 47.2 Å². The first-order valence-electron chi connectivity index (χ1n) is 5.17. The molecule has 0 atom stereocenters. The second-order valence-electron chi connectivity index (χ2n) is 3.56. The van der Waals surface area contributed by atoms with Crippen LogP contribution >= 0.6 is 23.4 Å². The molecule has 2 rings (SSSR count). The van der Waals surface area contributed by atoms with Gasteiger partial charge in [0.1, 0.15) is 11.6 Å². The van der Waals surface area contributed by atoms with Gasteiger partial charge in [0.25, 0.3) is 0 Å². The van der Waals surface area contributed by atoms with Crippen molar-refractivity contribution in [1.29, 1.82) is 0 Å². The van der Waals surface area contributed by atoms with Crippen molar-refractivity contribution in [2.24, 2.45) is 0 Å². The van der Waals surface area contributed by atoms with Crippen LogP contribution in [0, 0.1) is 5.82 Å². The molecule has 2 aromatic carbocycles. The van der Waals surface area contributed by atoms with Gasteiger partial charge in [0, 0.05) is 11.0 Å². The second kappa shape index (κ2) is 5.50. The summed E-state index contributed by atoms with van der Waals surface area (Å²) in [5, 5.41) is 0.581. The Morgan fingerprint density at radius 2 is 1.94 bits per heavy atom. The highest BCUT2D eigenvalue weighted by Crippen LogP contribution is 2.37. The third-order valence-electron chi connectivity index (χ3n) is 2.34. The van der Waals surface area contributed by atoms with Crippen molar-refractivity contribution in [3.63, 3.8) is 0 Å². The molecule has 0 aliphatic rings. The van der Waals surface area contributed by atoms with Crippen molar-refractivity contribution in [2.45, 2.75) is 9.79 Å². The van der Waals surface area contributed by atoms with Crippen LogP contribution in [0.5, 0.6) is 5.75 Å². The van der Waals surface area contributed by atoms with Gasteiger partial charge in [-0.2, -0.15) is 0 Å². The third kappa shape index (κ3) is 2.71. The summed E-state index contributed by atoms with van der Waals surface area (Å²) < 4.78 is 18.9. The minimum atomic E-state index is -0.391. The Bertz CT molecular complexity index is 577. The van der Waals surface area contributed by atoms with Gasteiger partial charge in [0.2, 0.25) is 0 Å². The molecule has 0 amide bonds. The lowest BCUT2D eigenvalue weighted by Gasteiger charge is -2.09. The number of hydrogen-bond acceptors (Lipinski definition) is 3. The van der Waals surface area contributed by atoms with Gasteiger partial charge >= 0.3 is 0 Å². The average Bonchev–Trinajstić information content (AvgIpc) is 2.35. The summed E-state index contributed by atoms with van der Waals surface area (Å²) in [5.74, 6) is 0.0594. The van der Waals surface area contributed by atoms with E-state index in [4.69, 9.17) is 22.1 Å². The zero-order valence-corrected chi connectivity index (χ0v) is 11.2. The smallest absolute Gasteiger partial charge is 0.143 e. The Morgan fingerprint density at radius 1 is 1.22 bits per heavy atom. The molecular weight excluding hydrogens is 273 g/mol. The van der Waals surface area contributed by atoms with Gasteiger partial charge in [-0.05, 0) is 18.2 Å². The lowest BCUT2D eigenvalue weighted by molar-refractivity contribution is 0.414. The predicted molar refractivity (Wildman–Crippen MR) is 72.9 cm³/mol. The number of methoxy groups -OCH3 is 1. The molecule has 0 aromatic heterocycles. The van der Waals surface area contributed by atoms with E-state index in [0.717, 1.165) is 4.90 Å². The minimum Gasteiger partial charge on any atom is -0.495 e. The quantitative estimate of drug-likeness (QED) is 0.857. The van der Waals surface area contributed by atoms with E-state index in [2.05, 4.69) is 0 Å². The molecule has 94 valence electrons. The molecule has 2 aromatic rings. The van der Waals surface area contributed by atoms with Crippen LogP contribution in [-0.2, 0) is 0 Å².